The lowest BCUT2D eigenvalue weighted by atomic mass is 10.0. The van der Waals surface area contributed by atoms with Gasteiger partial charge >= 0.3 is 11.9 Å². The Morgan fingerprint density at radius 2 is 1.73 bits per heavy atom. The van der Waals surface area contributed by atoms with Gasteiger partial charge in [-0.2, -0.15) is 0 Å². The lowest BCUT2D eigenvalue weighted by molar-refractivity contribution is -0.157. The number of esters is 2. The minimum absolute atomic E-state index is 0.122. The fraction of sp³-hybridized carbons (Fsp3) is 0.258. The van der Waals surface area contributed by atoms with Crippen LogP contribution in [-0.4, -0.2) is 41.4 Å². The molecule has 9 heteroatoms. The highest BCUT2D eigenvalue weighted by Gasteiger charge is 2.24. The molecule has 0 bridgehead atoms. The van der Waals surface area contributed by atoms with Gasteiger partial charge in [0.2, 0.25) is 5.78 Å². The Morgan fingerprint density at radius 1 is 0.950 bits per heavy atom. The number of methoxy groups -OCH3 is 1. The van der Waals surface area contributed by atoms with Crippen LogP contribution in [0.5, 0.6) is 11.5 Å². The summed E-state index contributed by atoms with van der Waals surface area (Å²) in [5, 5.41) is 0. The molecule has 0 fully saturated rings. The molecule has 0 amide bonds. The maximum atomic E-state index is 13.7. The van der Waals surface area contributed by atoms with Crippen LogP contribution in [-0.2, 0) is 20.9 Å². The molecule has 4 rings (SSSR count). The average molecular weight is 545 g/mol. The Labute approximate surface area is 232 Å². The van der Waals surface area contributed by atoms with Gasteiger partial charge in [0.1, 0.15) is 29.4 Å². The molecule has 0 aliphatic heterocycles. The SMILES string of the molecule is COC(=O)c1cc(C(=O)c2c(C)c(OCc3cccc(OCC(=O)OC(C)(C)C)c3)c3ccccn23)ccc1N. The molecule has 2 heterocycles. The fourth-order valence-electron chi connectivity index (χ4n) is 4.28. The Bertz CT molecular complexity index is 1580. The van der Waals surface area contributed by atoms with E-state index in [9.17, 15) is 14.4 Å². The maximum absolute atomic E-state index is 13.7. The van der Waals surface area contributed by atoms with Crippen LogP contribution in [0.1, 0.15) is 58.3 Å². The molecular weight excluding hydrogens is 512 g/mol. The van der Waals surface area contributed by atoms with Gasteiger partial charge in [-0.25, -0.2) is 9.59 Å². The number of fused-ring (bicyclic) bond motifs is 1. The number of ether oxygens (including phenoxy) is 4. The maximum Gasteiger partial charge on any atom is 0.344 e. The van der Waals surface area contributed by atoms with Crippen molar-refractivity contribution in [1.29, 1.82) is 0 Å². The molecule has 9 nitrogen and oxygen atoms in total. The van der Waals surface area contributed by atoms with Crippen molar-refractivity contribution in [2.75, 3.05) is 19.5 Å². The number of anilines is 1. The van der Waals surface area contributed by atoms with Gasteiger partial charge in [-0.15, -0.1) is 0 Å². The summed E-state index contributed by atoms with van der Waals surface area (Å²) in [5.41, 5.74) is 8.54. The number of aromatic nitrogens is 1. The third-order valence-electron chi connectivity index (χ3n) is 6.02. The lowest BCUT2D eigenvalue weighted by Gasteiger charge is -2.19. The zero-order chi connectivity index (χ0) is 29.0. The fourth-order valence-corrected chi connectivity index (χ4v) is 4.28. The van der Waals surface area contributed by atoms with Crippen LogP contribution < -0.4 is 15.2 Å². The minimum atomic E-state index is -0.620. The molecule has 0 spiro atoms. The van der Waals surface area contributed by atoms with Crippen molar-refractivity contribution >= 4 is 28.9 Å². The van der Waals surface area contributed by atoms with Crippen LogP contribution in [0, 0.1) is 6.92 Å². The summed E-state index contributed by atoms with van der Waals surface area (Å²) >= 11 is 0. The number of rotatable bonds is 9. The summed E-state index contributed by atoms with van der Waals surface area (Å²) in [6, 6.07) is 17.3. The number of carbonyl (C=O) groups is 3. The molecule has 2 N–H and O–H groups in total. The molecule has 4 aromatic rings. The van der Waals surface area contributed by atoms with Gasteiger partial charge < -0.3 is 29.1 Å². The van der Waals surface area contributed by atoms with Crippen molar-refractivity contribution in [3.8, 4) is 11.5 Å². The molecule has 0 aliphatic rings. The number of pyridine rings is 1. The number of benzene rings is 2. The summed E-state index contributed by atoms with van der Waals surface area (Å²) in [4.78, 5) is 37.8. The van der Waals surface area contributed by atoms with Gasteiger partial charge in [0.15, 0.2) is 6.61 Å². The van der Waals surface area contributed by atoms with Gasteiger partial charge in [-0.3, -0.25) is 4.79 Å². The van der Waals surface area contributed by atoms with E-state index in [1.165, 1.54) is 19.2 Å². The van der Waals surface area contributed by atoms with Crippen molar-refractivity contribution in [1.82, 2.24) is 4.40 Å². The quantitative estimate of drug-likeness (QED) is 0.175. The van der Waals surface area contributed by atoms with E-state index in [0.29, 0.717) is 33.8 Å². The largest absolute Gasteiger partial charge is 0.486 e. The molecule has 0 aliphatic carbocycles. The summed E-state index contributed by atoms with van der Waals surface area (Å²) in [5.74, 6) is -0.317. The van der Waals surface area contributed by atoms with Crippen LogP contribution in [0.25, 0.3) is 5.52 Å². The van der Waals surface area contributed by atoms with Gasteiger partial charge in [0.05, 0.1) is 18.2 Å². The number of hydrogen-bond donors (Lipinski definition) is 1. The normalized spacial score (nSPS) is 11.2. The second-order valence-corrected chi connectivity index (χ2v) is 10.2. The molecule has 2 aromatic carbocycles. The molecule has 40 heavy (non-hydrogen) atoms. The standard InChI is InChI=1S/C31H32N2O7/c1-19-27(28(35)21-12-13-24(32)23(16-21)30(36)37-5)33-14-7-6-11-25(33)29(19)39-17-20-9-8-10-22(15-20)38-18-26(34)40-31(2,3)4/h6-16H,17-18,32H2,1-5H3. The van der Waals surface area contributed by atoms with Crippen molar-refractivity contribution in [2.24, 2.45) is 0 Å². The van der Waals surface area contributed by atoms with Gasteiger partial charge in [-0.05, 0) is 75.7 Å². The number of nitrogens with zero attached hydrogens (tertiary/aromatic N) is 1. The molecule has 0 unspecified atom stereocenters. The molecule has 0 atom stereocenters. The number of nitrogens with two attached hydrogens (primary N) is 1. The van der Waals surface area contributed by atoms with Gasteiger partial charge in [0, 0.05) is 23.0 Å². The van der Waals surface area contributed by atoms with E-state index >= 15 is 0 Å². The minimum Gasteiger partial charge on any atom is -0.486 e. The lowest BCUT2D eigenvalue weighted by Crippen LogP contribution is -2.27. The third kappa shape index (κ3) is 6.26. The van der Waals surface area contributed by atoms with E-state index in [2.05, 4.69) is 0 Å². The predicted octanol–water partition coefficient (Wildman–Crippen LogP) is 5.15. The van der Waals surface area contributed by atoms with E-state index < -0.39 is 17.5 Å². The van der Waals surface area contributed by atoms with E-state index in [-0.39, 0.29) is 30.2 Å². The summed E-state index contributed by atoms with van der Waals surface area (Å²) < 4.78 is 23.7. The second-order valence-electron chi connectivity index (χ2n) is 10.2. The topological polar surface area (TPSA) is 119 Å². The molecule has 0 radical (unpaired) electrons. The van der Waals surface area contributed by atoms with Gasteiger partial charge in [0.25, 0.3) is 0 Å². The van der Waals surface area contributed by atoms with Crippen LogP contribution >= 0.6 is 0 Å². The number of nitrogen functional groups attached to an aromatic ring is 1. The summed E-state index contributed by atoms with van der Waals surface area (Å²) in [6.07, 6.45) is 1.78. The number of hydrogen-bond acceptors (Lipinski definition) is 8. The first-order valence-corrected chi connectivity index (χ1v) is 12.7. The first-order chi connectivity index (χ1) is 19.0. The van der Waals surface area contributed by atoms with E-state index in [0.717, 1.165) is 5.56 Å². The van der Waals surface area contributed by atoms with Crippen LogP contribution in [0.4, 0.5) is 5.69 Å². The van der Waals surface area contributed by atoms with Crippen molar-refractivity contribution in [3.63, 3.8) is 0 Å². The first kappa shape index (κ1) is 28.2. The van der Waals surface area contributed by atoms with Crippen LogP contribution in [0.15, 0.2) is 66.9 Å². The van der Waals surface area contributed by atoms with Crippen LogP contribution in [0.2, 0.25) is 0 Å². The van der Waals surface area contributed by atoms with E-state index in [1.807, 2.05) is 37.3 Å². The van der Waals surface area contributed by atoms with Crippen molar-refractivity contribution in [2.45, 2.75) is 39.9 Å². The summed E-state index contributed by atoms with van der Waals surface area (Å²) in [7, 11) is 1.26. The second kappa shape index (κ2) is 11.5. The Balaban J connectivity index is 1.57. The monoisotopic (exact) mass is 544 g/mol. The van der Waals surface area contributed by atoms with E-state index in [4.69, 9.17) is 24.7 Å². The highest BCUT2D eigenvalue weighted by atomic mass is 16.6. The first-order valence-electron chi connectivity index (χ1n) is 12.7. The van der Waals surface area contributed by atoms with E-state index in [1.54, 1.807) is 49.6 Å². The molecule has 208 valence electrons. The van der Waals surface area contributed by atoms with Crippen LogP contribution in [0.3, 0.4) is 0 Å². The zero-order valence-corrected chi connectivity index (χ0v) is 23.1. The Kier molecular flexibility index (Phi) is 8.13. The van der Waals surface area contributed by atoms with Gasteiger partial charge in [-0.1, -0.05) is 18.2 Å². The predicted molar refractivity (Wildman–Crippen MR) is 150 cm³/mol. The average Bonchev–Trinajstić information content (AvgIpc) is 3.20. The molecular formula is C31H32N2O7. The Morgan fingerprint density at radius 3 is 2.45 bits per heavy atom. The number of ketones is 1. The highest BCUT2D eigenvalue weighted by molar-refractivity contribution is 6.12. The highest BCUT2D eigenvalue weighted by Crippen LogP contribution is 2.33. The van der Waals surface area contributed by atoms with Crippen molar-refractivity contribution < 1.29 is 33.3 Å². The van der Waals surface area contributed by atoms with Crippen molar-refractivity contribution in [3.05, 3.63) is 94.8 Å². The number of carbonyl (C=O) groups excluding carboxylic acids is 3. The smallest absolute Gasteiger partial charge is 0.344 e. The zero-order valence-electron chi connectivity index (χ0n) is 23.1. The molecule has 2 aromatic heterocycles. The molecule has 0 saturated carbocycles. The Hall–Kier alpha value is -4.79. The summed E-state index contributed by atoms with van der Waals surface area (Å²) in [6.45, 7) is 7.19. The molecule has 0 saturated heterocycles. The third-order valence-corrected chi connectivity index (χ3v) is 6.02.